The van der Waals surface area contributed by atoms with E-state index in [9.17, 15) is 18.0 Å². The molecule has 5 fully saturated rings. The quantitative estimate of drug-likeness (QED) is 0.709. The molecule has 5 aliphatic rings. The van der Waals surface area contributed by atoms with E-state index in [1.54, 1.807) is 6.07 Å². The zero-order chi connectivity index (χ0) is 21.9. The first-order valence-electron chi connectivity index (χ1n) is 11.7. The van der Waals surface area contributed by atoms with Crippen LogP contribution in [0.5, 0.6) is 0 Å². The number of alkyl halides is 3. The highest BCUT2D eigenvalue weighted by atomic mass is 19.4. The van der Waals surface area contributed by atoms with Gasteiger partial charge in [-0.05, 0) is 86.7 Å². The molecular formula is C24H32F3N3O. The van der Waals surface area contributed by atoms with Gasteiger partial charge in [-0.3, -0.25) is 9.78 Å². The number of amides is 1. The van der Waals surface area contributed by atoms with Crippen molar-refractivity contribution in [2.24, 2.45) is 23.2 Å². The molecular weight excluding hydrogens is 403 g/mol. The molecule has 1 aromatic heterocycles. The van der Waals surface area contributed by atoms with Gasteiger partial charge >= 0.3 is 6.18 Å². The summed E-state index contributed by atoms with van der Waals surface area (Å²) in [6.45, 7) is 3.46. The minimum Gasteiger partial charge on any atom is -0.371 e. The Bertz CT molecular complexity index is 809. The summed E-state index contributed by atoms with van der Waals surface area (Å²) in [4.78, 5) is 18.5. The normalized spacial score (nSPS) is 34.1. The van der Waals surface area contributed by atoms with Crippen LogP contribution in [0.3, 0.4) is 0 Å². The van der Waals surface area contributed by atoms with Crippen LogP contribution in [-0.2, 0) is 11.0 Å². The van der Waals surface area contributed by atoms with Crippen molar-refractivity contribution in [3.05, 3.63) is 24.0 Å². The molecule has 1 saturated heterocycles. The second-order valence-electron chi connectivity index (χ2n) is 11.1. The number of piperidine rings is 1. The molecule has 6 rings (SSSR count). The van der Waals surface area contributed by atoms with Gasteiger partial charge < -0.3 is 10.2 Å². The molecule has 0 spiro atoms. The predicted octanol–water partition coefficient (Wildman–Crippen LogP) is 5.18. The number of nitrogens with zero attached hydrogens (tertiary/aromatic N) is 2. The predicted molar refractivity (Wildman–Crippen MR) is 112 cm³/mol. The zero-order valence-electron chi connectivity index (χ0n) is 18.2. The second kappa shape index (κ2) is 7.38. The van der Waals surface area contributed by atoms with Crippen LogP contribution >= 0.6 is 0 Å². The smallest absolute Gasteiger partial charge is 0.371 e. The first-order chi connectivity index (χ1) is 14.6. The number of rotatable bonds is 4. The highest BCUT2D eigenvalue weighted by Gasteiger charge is 2.51. The van der Waals surface area contributed by atoms with E-state index in [1.165, 1.54) is 25.5 Å². The Kier molecular flexibility index (Phi) is 5.02. The van der Waals surface area contributed by atoms with Gasteiger partial charge in [-0.25, -0.2) is 0 Å². The minimum absolute atomic E-state index is 0.0356. The Hall–Kier alpha value is -1.79. The third-order valence-corrected chi connectivity index (χ3v) is 8.40. The molecule has 31 heavy (non-hydrogen) atoms. The van der Waals surface area contributed by atoms with Crippen LogP contribution in [0.25, 0.3) is 0 Å². The van der Waals surface area contributed by atoms with Gasteiger partial charge in [0.25, 0.3) is 0 Å². The van der Waals surface area contributed by atoms with Crippen molar-refractivity contribution in [2.45, 2.75) is 76.4 Å². The third kappa shape index (κ3) is 4.29. The van der Waals surface area contributed by atoms with E-state index in [1.807, 2.05) is 4.90 Å². The molecule has 1 N–H and O–H groups in total. The summed E-state index contributed by atoms with van der Waals surface area (Å²) in [5, 5.41) is 3.48. The molecule has 170 valence electrons. The van der Waals surface area contributed by atoms with E-state index in [0.717, 1.165) is 55.9 Å². The summed E-state index contributed by atoms with van der Waals surface area (Å²) >= 11 is 0. The molecule has 0 atom stereocenters. The fourth-order valence-corrected chi connectivity index (χ4v) is 7.24. The van der Waals surface area contributed by atoms with Gasteiger partial charge in [-0.2, -0.15) is 13.2 Å². The molecule has 4 nitrogen and oxygen atoms in total. The van der Waals surface area contributed by atoms with Crippen LogP contribution in [0.4, 0.5) is 18.9 Å². The largest absolute Gasteiger partial charge is 0.433 e. The van der Waals surface area contributed by atoms with Crippen LogP contribution < -0.4 is 10.2 Å². The SMILES string of the molecule is CC1(CC(=O)NC23C[C@H]4C[C@H](C2)C[C@@H](C3)C4)CCN(c2ccnc(C(F)(F)F)c2)CC1. The lowest BCUT2D eigenvalue weighted by Gasteiger charge is -2.57. The number of pyridine rings is 1. The van der Waals surface area contributed by atoms with Gasteiger partial charge in [0.05, 0.1) is 0 Å². The number of carbonyl (C=O) groups excluding carboxylic acids is 1. The standard InChI is InChI=1S/C24H32F3N3O/c1-22(3-6-30(7-4-22)19-2-5-28-20(11-19)24(25,26)27)15-21(31)29-23-12-16-8-17(13-23)10-18(9-16)14-23/h2,5,11,16-18H,3-4,6-10,12-15H2,1H3,(H,29,31)/t16-,17-,18-,23?. The Morgan fingerprint density at radius 1 is 1.13 bits per heavy atom. The second-order valence-corrected chi connectivity index (χ2v) is 11.1. The fourth-order valence-electron chi connectivity index (χ4n) is 7.24. The Morgan fingerprint density at radius 3 is 2.26 bits per heavy atom. The van der Waals surface area contributed by atoms with E-state index in [2.05, 4.69) is 17.2 Å². The van der Waals surface area contributed by atoms with Gasteiger partial charge in [0.2, 0.25) is 5.91 Å². The summed E-state index contributed by atoms with van der Waals surface area (Å²) in [6, 6.07) is 2.76. The van der Waals surface area contributed by atoms with E-state index in [4.69, 9.17) is 0 Å². The van der Waals surface area contributed by atoms with Crippen molar-refractivity contribution < 1.29 is 18.0 Å². The first kappa shape index (κ1) is 21.1. The zero-order valence-corrected chi connectivity index (χ0v) is 18.2. The van der Waals surface area contributed by atoms with Crippen molar-refractivity contribution in [1.29, 1.82) is 0 Å². The number of halogens is 3. The molecule has 1 amide bonds. The van der Waals surface area contributed by atoms with Crippen LogP contribution in [0.15, 0.2) is 18.3 Å². The molecule has 2 heterocycles. The van der Waals surface area contributed by atoms with Crippen LogP contribution in [-0.4, -0.2) is 29.5 Å². The monoisotopic (exact) mass is 435 g/mol. The van der Waals surface area contributed by atoms with Crippen LogP contribution in [0.1, 0.15) is 70.4 Å². The lowest BCUT2D eigenvalue weighted by molar-refractivity contribution is -0.141. The van der Waals surface area contributed by atoms with E-state index in [0.29, 0.717) is 25.2 Å². The number of nitrogens with one attached hydrogen (secondary N) is 1. The van der Waals surface area contributed by atoms with Crippen molar-refractivity contribution in [3.63, 3.8) is 0 Å². The highest BCUT2D eigenvalue weighted by Crippen LogP contribution is 2.55. The van der Waals surface area contributed by atoms with E-state index in [-0.39, 0.29) is 16.9 Å². The first-order valence-corrected chi connectivity index (χ1v) is 11.7. The number of carbonyl (C=O) groups is 1. The van der Waals surface area contributed by atoms with Gasteiger partial charge in [0.1, 0.15) is 5.69 Å². The summed E-state index contributed by atoms with van der Waals surface area (Å²) in [7, 11) is 0. The third-order valence-electron chi connectivity index (χ3n) is 8.40. The maximum absolute atomic E-state index is 13.0. The number of anilines is 1. The minimum atomic E-state index is -4.43. The van der Waals surface area contributed by atoms with Gasteiger partial charge in [0.15, 0.2) is 0 Å². The maximum atomic E-state index is 13.0. The van der Waals surface area contributed by atoms with Gasteiger partial charge in [0, 0.05) is 36.9 Å². The summed E-state index contributed by atoms with van der Waals surface area (Å²) in [6.07, 6.45) is 6.41. The Morgan fingerprint density at radius 2 is 1.71 bits per heavy atom. The number of aromatic nitrogens is 1. The molecule has 0 radical (unpaired) electrons. The van der Waals surface area contributed by atoms with E-state index >= 15 is 0 Å². The molecule has 7 heteroatoms. The van der Waals surface area contributed by atoms with Crippen molar-refractivity contribution in [1.82, 2.24) is 10.3 Å². The lowest BCUT2D eigenvalue weighted by Crippen LogP contribution is -2.60. The van der Waals surface area contributed by atoms with E-state index < -0.39 is 11.9 Å². The molecule has 4 bridgehead atoms. The molecule has 0 aromatic carbocycles. The highest BCUT2D eigenvalue weighted by molar-refractivity contribution is 5.77. The topological polar surface area (TPSA) is 45.2 Å². The summed E-state index contributed by atoms with van der Waals surface area (Å²) < 4.78 is 39.0. The fraction of sp³-hybridized carbons (Fsp3) is 0.750. The maximum Gasteiger partial charge on any atom is 0.433 e. The van der Waals surface area contributed by atoms with Gasteiger partial charge in [-0.15, -0.1) is 0 Å². The molecule has 0 unspecified atom stereocenters. The van der Waals surface area contributed by atoms with Crippen molar-refractivity contribution >= 4 is 11.6 Å². The average molecular weight is 436 g/mol. The molecule has 1 aliphatic heterocycles. The Balaban J connectivity index is 1.18. The van der Waals surface area contributed by atoms with Crippen LogP contribution in [0.2, 0.25) is 0 Å². The molecule has 1 aromatic rings. The number of hydrogen-bond donors (Lipinski definition) is 1. The van der Waals surface area contributed by atoms with Crippen molar-refractivity contribution in [2.75, 3.05) is 18.0 Å². The summed E-state index contributed by atoms with van der Waals surface area (Å²) in [5.74, 6) is 2.56. The average Bonchev–Trinajstić information content (AvgIpc) is 2.66. The molecule has 4 saturated carbocycles. The lowest BCUT2D eigenvalue weighted by atomic mass is 9.53. The van der Waals surface area contributed by atoms with Crippen LogP contribution in [0, 0.1) is 23.2 Å². The molecule has 4 aliphatic carbocycles. The summed E-state index contributed by atoms with van der Waals surface area (Å²) in [5.41, 5.74) is -0.368. The Labute approximate surface area is 182 Å². The number of hydrogen-bond acceptors (Lipinski definition) is 3. The van der Waals surface area contributed by atoms with Gasteiger partial charge in [-0.1, -0.05) is 6.92 Å². The van der Waals surface area contributed by atoms with Crippen molar-refractivity contribution in [3.8, 4) is 0 Å².